The molecule has 1 aromatic heterocycles. The minimum Gasteiger partial charge on any atom is -0.336 e. The molecule has 108 valence electrons. The zero-order chi connectivity index (χ0) is 13.7. The normalized spacial score (nSPS) is 26.3. The Morgan fingerprint density at radius 3 is 2.74 bits per heavy atom. The maximum atomic E-state index is 4.10. The van der Waals surface area contributed by atoms with Gasteiger partial charge < -0.3 is 9.88 Å². The summed E-state index contributed by atoms with van der Waals surface area (Å²) in [5.41, 5.74) is 0. The lowest BCUT2D eigenvalue weighted by molar-refractivity contribution is 0.331. The molecular weight excluding hydrogens is 234 g/mol. The molecule has 1 aliphatic rings. The molecule has 0 aromatic carbocycles. The molecule has 0 saturated heterocycles. The molecule has 1 heterocycles. The van der Waals surface area contributed by atoms with Gasteiger partial charge in [-0.05, 0) is 38.0 Å². The fraction of sp³-hybridized carbons (Fsp3) is 0.812. The third kappa shape index (κ3) is 4.64. The number of hydrogen-bond acceptors (Lipinski definition) is 2. The topological polar surface area (TPSA) is 29.9 Å². The Labute approximate surface area is 117 Å². The van der Waals surface area contributed by atoms with Crippen LogP contribution in [0.3, 0.4) is 0 Å². The van der Waals surface area contributed by atoms with Crippen molar-refractivity contribution in [2.45, 2.75) is 71.5 Å². The third-order valence-corrected chi connectivity index (χ3v) is 4.52. The summed E-state index contributed by atoms with van der Waals surface area (Å²) in [5.74, 6) is 1.79. The van der Waals surface area contributed by atoms with Crippen molar-refractivity contribution in [3.8, 4) is 0 Å². The van der Waals surface area contributed by atoms with Crippen LogP contribution in [0.5, 0.6) is 0 Å². The van der Waals surface area contributed by atoms with Gasteiger partial charge in [0.2, 0.25) is 0 Å². The number of rotatable bonds is 5. The van der Waals surface area contributed by atoms with Crippen molar-refractivity contribution in [2.24, 2.45) is 11.8 Å². The second kappa shape index (κ2) is 7.09. The highest BCUT2D eigenvalue weighted by atomic mass is 15.1. The Bertz CT molecular complexity index is 345. The predicted octanol–water partition coefficient (Wildman–Crippen LogP) is 3.47. The molecule has 3 heteroatoms. The molecule has 0 spiro atoms. The molecule has 0 aliphatic heterocycles. The Morgan fingerprint density at radius 2 is 2.05 bits per heavy atom. The van der Waals surface area contributed by atoms with Crippen molar-refractivity contribution in [1.29, 1.82) is 0 Å². The minimum absolute atomic E-state index is 0.523. The summed E-state index contributed by atoms with van der Waals surface area (Å²) >= 11 is 0. The van der Waals surface area contributed by atoms with E-state index in [-0.39, 0.29) is 0 Å². The van der Waals surface area contributed by atoms with E-state index in [1.807, 2.05) is 18.7 Å². The van der Waals surface area contributed by atoms with Gasteiger partial charge in [0.15, 0.2) is 0 Å². The second-order valence-corrected chi connectivity index (χ2v) is 6.54. The number of imidazole rings is 1. The molecule has 1 N–H and O–H groups in total. The fourth-order valence-electron chi connectivity index (χ4n) is 3.33. The molecule has 0 amide bonds. The largest absolute Gasteiger partial charge is 0.336 e. The monoisotopic (exact) mass is 263 g/mol. The first kappa shape index (κ1) is 14.6. The molecule has 19 heavy (non-hydrogen) atoms. The summed E-state index contributed by atoms with van der Waals surface area (Å²) in [4.78, 5) is 4.10. The standard InChI is InChI=1S/C16H29N3/c1-13(2)15-5-4-6-16(8-7-15)18-14(3)11-19-10-9-17-12-19/h9-10,12-16,18H,4-8,11H2,1-3H3. The van der Waals surface area contributed by atoms with Crippen LogP contribution in [0.1, 0.15) is 52.9 Å². The molecule has 3 unspecified atom stereocenters. The van der Waals surface area contributed by atoms with E-state index >= 15 is 0 Å². The average Bonchev–Trinajstić information content (AvgIpc) is 2.73. The first-order chi connectivity index (χ1) is 9.15. The number of nitrogens with zero attached hydrogens (tertiary/aromatic N) is 2. The lowest BCUT2D eigenvalue weighted by Crippen LogP contribution is -2.38. The average molecular weight is 263 g/mol. The zero-order valence-electron chi connectivity index (χ0n) is 12.7. The predicted molar refractivity (Wildman–Crippen MR) is 80.0 cm³/mol. The highest BCUT2D eigenvalue weighted by Gasteiger charge is 2.21. The van der Waals surface area contributed by atoms with Crippen LogP contribution in [0.15, 0.2) is 18.7 Å². The molecule has 1 saturated carbocycles. The quantitative estimate of drug-likeness (QED) is 0.824. The Kier molecular flexibility index (Phi) is 5.44. The van der Waals surface area contributed by atoms with Crippen molar-refractivity contribution in [1.82, 2.24) is 14.9 Å². The molecule has 0 bridgehead atoms. The molecule has 0 radical (unpaired) electrons. The van der Waals surface area contributed by atoms with Crippen molar-refractivity contribution in [3.63, 3.8) is 0 Å². The van der Waals surface area contributed by atoms with Gasteiger partial charge in [-0.1, -0.05) is 26.7 Å². The van der Waals surface area contributed by atoms with Crippen molar-refractivity contribution >= 4 is 0 Å². The van der Waals surface area contributed by atoms with E-state index in [9.17, 15) is 0 Å². The lowest BCUT2D eigenvalue weighted by atomic mass is 9.89. The van der Waals surface area contributed by atoms with Crippen LogP contribution < -0.4 is 5.32 Å². The number of hydrogen-bond donors (Lipinski definition) is 1. The SMILES string of the molecule is CC(Cn1ccnc1)NC1CCCC(C(C)C)CC1. The number of aromatic nitrogens is 2. The van der Waals surface area contributed by atoms with Crippen LogP contribution in [0.25, 0.3) is 0 Å². The van der Waals surface area contributed by atoms with E-state index in [1.165, 1.54) is 32.1 Å². The van der Waals surface area contributed by atoms with Gasteiger partial charge in [0.05, 0.1) is 6.33 Å². The van der Waals surface area contributed by atoms with Gasteiger partial charge >= 0.3 is 0 Å². The summed E-state index contributed by atoms with van der Waals surface area (Å²) in [6.45, 7) is 8.05. The van der Waals surface area contributed by atoms with Crippen LogP contribution in [0.4, 0.5) is 0 Å². The summed E-state index contributed by atoms with van der Waals surface area (Å²) in [5, 5.41) is 3.81. The maximum Gasteiger partial charge on any atom is 0.0946 e. The van der Waals surface area contributed by atoms with E-state index in [2.05, 4.69) is 35.6 Å². The van der Waals surface area contributed by atoms with E-state index in [0.29, 0.717) is 12.1 Å². The second-order valence-electron chi connectivity index (χ2n) is 6.54. The van der Waals surface area contributed by atoms with Crippen LogP contribution in [-0.4, -0.2) is 21.6 Å². The maximum absolute atomic E-state index is 4.10. The van der Waals surface area contributed by atoms with Crippen LogP contribution in [-0.2, 0) is 6.54 Å². The van der Waals surface area contributed by atoms with Crippen molar-refractivity contribution < 1.29 is 0 Å². The summed E-state index contributed by atoms with van der Waals surface area (Å²) in [7, 11) is 0. The Balaban J connectivity index is 1.76. The van der Waals surface area contributed by atoms with Gasteiger partial charge in [0.1, 0.15) is 0 Å². The third-order valence-electron chi connectivity index (χ3n) is 4.52. The van der Waals surface area contributed by atoms with Gasteiger partial charge in [-0.15, -0.1) is 0 Å². The summed E-state index contributed by atoms with van der Waals surface area (Å²) < 4.78 is 2.16. The fourth-order valence-corrected chi connectivity index (χ4v) is 3.33. The summed E-state index contributed by atoms with van der Waals surface area (Å²) in [6.07, 6.45) is 12.7. The smallest absolute Gasteiger partial charge is 0.0946 e. The molecule has 1 aliphatic carbocycles. The molecule has 1 fully saturated rings. The zero-order valence-corrected chi connectivity index (χ0v) is 12.7. The van der Waals surface area contributed by atoms with Gasteiger partial charge in [0, 0.05) is 31.0 Å². The van der Waals surface area contributed by atoms with E-state index in [1.54, 1.807) is 0 Å². The molecule has 3 atom stereocenters. The van der Waals surface area contributed by atoms with Crippen LogP contribution >= 0.6 is 0 Å². The van der Waals surface area contributed by atoms with Crippen molar-refractivity contribution in [2.75, 3.05) is 0 Å². The van der Waals surface area contributed by atoms with Gasteiger partial charge in [0.25, 0.3) is 0 Å². The first-order valence-electron chi connectivity index (χ1n) is 7.87. The molecule has 2 rings (SSSR count). The van der Waals surface area contributed by atoms with Crippen LogP contribution in [0, 0.1) is 11.8 Å². The highest BCUT2D eigenvalue weighted by Crippen LogP contribution is 2.28. The first-order valence-corrected chi connectivity index (χ1v) is 7.87. The number of nitrogens with one attached hydrogen (secondary N) is 1. The minimum atomic E-state index is 0.523. The van der Waals surface area contributed by atoms with Gasteiger partial charge in [-0.3, -0.25) is 0 Å². The van der Waals surface area contributed by atoms with Gasteiger partial charge in [-0.25, -0.2) is 4.98 Å². The van der Waals surface area contributed by atoms with E-state index in [4.69, 9.17) is 0 Å². The van der Waals surface area contributed by atoms with Crippen LogP contribution in [0.2, 0.25) is 0 Å². The summed E-state index contributed by atoms with van der Waals surface area (Å²) in [6, 6.07) is 1.23. The Morgan fingerprint density at radius 1 is 1.21 bits per heavy atom. The molecular formula is C16H29N3. The van der Waals surface area contributed by atoms with E-state index < -0.39 is 0 Å². The van der Waals surface area contributed by atoms with Gasteiger partial charge in [-0.2, -0.15) is 0 Å². The highest BCUT2D eigenvalue weighted by molar-refractivity contribution is 4.81. The molecule has 1 aromatic rings. The van der Waals surface area contributed by atoms with E-state index in [0.717, 1.165) is 18.4 Å². The molecule has 3 nitrogen and oxygen atoms in total. The Hall–Kier alpha value is -0.830. The lowest BCUT2D eigenvalue weighted by Gasteiger charge is -2.23. The van der Waals surface area contributed by atoms with Crippen molar-refractivity contribution in [3.05, 3.63) is 18.7 Å².